The van der Waals surface area contributed by atoms with Crippen LogP contribution in [0.2, 0.25) is 0 Å². The average molecular weight is 761 g/mol. The third kappa shape index (κ3) is 36.1. The van der Waals surface area contributed by atoms with E-state index in [9.17, 15) is 19.2 Å². The molecule has 0 aromatic heterocycles. The van der Waals surface area contributed by atoms with Crippen LogP contribution in [0.5, 0.6) is 0 Å². The SMILES string of the molecule is CCCCC/C=C\C/C=C\CCCCCCCC(=O)OC(CCC/C=C\CCCCCCCC)CCCCCCCC(=O)NCC(=O)NC(CO)C(=O)O. The molecule has 54 heavy (non-hydrogen) atoms. The van der Waals surface area contributed by atoms with Gasteiger partial charge in [-0.15, -0.1) is 0 Å². The van der Waals surface area contributed by atoms with Gasteiger partial charge in [-0.2, -0.15) is 0 Å². The summed E-state index contributed by atoms with van der Waals surface area (Å²) in [6.07, 6.45) is 44.5. The van der Waals surface area contributed by atoms with Crippen molar-refractivity contribution in [2.75, 3.05) is 13.2 Å². The van der Waals surface area contributed by atoms with Crippen LogP contribution in [0.3, 0.4) is 0 Å². The van der Waals surface area contributed by atoms with Crippen molar-refractivity contribution in [1.29, 1.82) is 0 Å². The topological polar surface area (TPSA) is 142 Å². The van der Waals surface area contributed by atoms with Gasteiger partial charge in [0.1, 0.15) is 12.1 Å². The minimum absolute atomic E-state index is 0.0501. The monoisotopic (exact) mass is 761 g/mol. The van der Waals surface area contributed by atoms with Gasteiger partial charge in [0.25, 0.3) is 0 Å². The third-order valence-electron chi connectivity index (χ3n) is 9.61. The Bertz CT molecular complexity index is 1010. The molecule has 0 fully saturated rings. The van der Waals surface area contributed by atoms with Gasteiger partial charge in [0.05, 0.1) is 13.2 Å². The van der Waals surface area contributed by atoms with Crippen molar-refractivity contribution in [1.82, 2.24) is 10.6 Å². The molecule has 0 spiro atoms. The van der Waals surface area contributed by atoms with Gasteiger partial charge < -0.3 is 25.6 Å². The number of hydrogen-bond donors (Lipinski definition) is 4. The summed E-state index contributed by atoms with van der Waals surface area (Å²) in [7, 11) is 0. The maximum atomic E-state index is 12.8. The van der Waals surface area contributed by atoms with Gasteiger partial charge in [0, 0.05) is 12.8 Å². The number of carbonyl (C=O) groups excluding carboxylic acids is 3. The second kappa shape index (κ2) is 39.7. The molecule has 2 amide bonds. The van der Waals surface area contributed by atoms with Gasteiger partial charge in [0.2, 0.25) is 11.8 Å². The number of hydrogen-bond acceptors (Lipinski definition) is 6. The fourth-order valence-corrected chi connectivity index (χ4v) is 6.22. The number of aliphatic hydroxyl groups excluding tert-OH is 1. The summed E-state index contributed by atoms with van der Waals surface area (Å²) in [6.45, 7) is 3.44. The first-order chi connectivity index (χ1) is 26.3. The van der Waals surface area contributed by atoms with Crippen LogP contribution < -0.4 is 10.6 Å². The van der Waals surface area contributed by atoms with Gasteiger partial charge >= 0.3 is 11.9 Å². The van der Waals surface area contributed by atoms with E-state index in [-0.39, 0.29) is 30.9 Å². The fourth-order valence-electron chi connectivity index (χ4n) is 6.22. The summed E-state index contributed by atoms with van der Waals surface area (Å²) in [5.74, 6) is -2.33. The largest absolute Gasteiger partial charge is 0.480 e. The normalized spacial score (nSPS) is 12.8. The molecular weight excluding hydrogens is 681 g/mol. The first-order valence-corrected chi connectivity index (χ1v) is 21.9. The van der Waals surface area contributed by atoms with Crippen LogP contribution in [-0.2, 0) is 23.9 Å². The van der Waals surface area contributed by atoms with Crippen LogP contribution in [0, 0.1) is 0 Å². The van der Waals surface area contributed by atoms with E-state index in [0.29, 0.717) is 12.8 Å². The average Bonchev–Trinajstić information content (AvgIpc) is 3.15. The Kier molecular flexibility index (Phi) is 37.6. The number of nitrogens with one attached hydrogen (secondary N) is 2. The van der Waals surface area contributed by atoms with E-state index in [1.54, 1.807) is 0 Å². The lowest BCUT2D eigenvalue weighted by molar-refractivity contribution is -0.150. The predicted octanol–water partition coefficient (Wildman–Crippen LogP) is 10.6. The number of aliphatic hydroxyl groups is 1. The third-order valence-corrected chi connectivity index (χ3v) is 9.61. The highest BCUT2D eigenvalue weighted by Crippen LogP contribution is 2.18. The van der Waals surface area contributed by atoms with Crippen LogP contribution in [0.4, 0.5) is 0 Å². The zero-order valence-electron chi connectivity index (χ0n) is 34.5. The predicted molar refractivity (Wildman–Crippen MR) is 222 cm³/mol. The molecule has 0 aliphatic carbocycles. The first-order valence-electron chi connectivity index (χ1n) is 21.9. The molecule has 312 valence electrons. The number of amides is 2. The van der Waals surface area contributed by atoms with E-state index in [1.165, 1.54) is 77.0 Å². The fraction of sp³-hybridized carbons (Fsp3) is 0.778. The van der Waals surface area contributed by atoms with E-state index in [4.69, 9.17) is 14.9 Å². The van der Waals surface area contributed by atoms with E-state index < -0.39 is 24.5 Å². The molecule has 0 bridgehead atoms. The molecule has 9 heteroatoms. The molecule has 0 aromatic carbocycles. The first kappa shape index (κ1) is 51.1. The van der Waals surface area contributed by atoms with Gasteiger partial charge in [-0.05, 0) is 89.9 Å². The van der Waals surface area contributed by atoms with Crippen LogP contribution in [-0.4, -0.2) is 59.3 Å². The van der Waals surface area contributed by atoms with Crippen molar-refractivity contribution in [3.05, 3.63) is 36.5 Å². The van der Waals surface area contributed by atoms with Crippen LogP contribution in [0.15, 0.2) is 36.5 Å². The molecule has 0 rings (SSSR count). The standard InChI is InChI=1S/C45H80N2O7/c1-3-5-7-9-11-13-15-16-17-18-20-22-24-29-33-37-44(51)54-40(34-30-26-23-21-19-14-12-10-8-6-4-2)35-31-27-25-28-32-36-42(49)46-38-43(50)47-41(39-48)45(52)53/h11,13,16-17,21,23,40-41,48H,3-10,12,14-15,18-20,22,24-39H2,1-2H3,(H,46,49)(H,47,50)(H,52,53)/b13-11-,17-16-,23-21-. The Labute approximate surface area is 329 Å². The molecule has 0 heterocycles. The number of carboxylic acid groups (broad SMARTS) is 1. The summed E-state index contributed by atoms with van der Waals surface area (Å²) < 4.78 is 6.00. The van der Waals surface area contributed by atoms with Crippen molar-refractivity contribution >= 4 is 23.8 Å². The number of allylic oxidation sites excluding steroid dienone is 6. The molecule has 0 aromatic rings. The minimum atomic E-state index is -1.38. The Hall–Kier alpha value is -2.94. The molecule has 0 radical (unpaired) electrons. The molecule has 0 saturated carbocycles. The molecule has 0 aliphatic rings. The lowest BCUT2D eigenvalue weighted by atomic mass is 10.0. The smallest absolute Gasteiger partial charge is 0.328 e. The van der Waals surface area contributed by atoms with Crippen LogP contribution >= 0.6 is 0 Å². The van der Waals surface area contributed by atoms with Crippen LogP contribution in [0.1, 0.15) is 200 Å². The quantitative estimate of drug-likeness (QED) is 0.0277. The minimum Gasteiger partial charge on any atom is -0.480 e. The number of aliphatic carboxylic acids is 1. The number of ether oxygens (including phenoxy) is 1. The Morgan fingerprint density at radius 1 is 0.556 bits per heavy atom. The van der Waals surface area contributed by atoms with Crippen molar-refractivity contribution in [3.63, 3.8) is 0 Å². The molecule has 2 atom stereocenters. The number of carboxylic acids is 1. The summed E-state index contributed by atoms with van der Waals surface area (Å²) in [6, 6.07) is -1.38. The number of unbranched alkanes of at least 4 members (excludes halogenated alkanes) is 19. The van der Waals surface area contributed by atoms with Crippen LogP contribution in [0.25, 0.3) is 0 Å². The molecule has 4 N–H and O–H groups in total. The molecular formula is C45H80N2O7. The maximum absolute atomic E-state index is 12.8. The second-order valence-electron chi connectivity index (χ2n) is 14.8. The highest BCUT2D eigenvalue weighted by Gasteiger charge is 2.19. The molecule has 0 aliphatic heterocycles. The van der Waals surface area contributed by atoms with Gasteiger partial charge in [-0.25, -0.2) is 4.79 Å². The highest BCUT2D eigenvalue weighted by molar-refractivity contribution is 5.87. The number of esters is 1. The molecule has 9 nitrogen and oxygen atoms in total. The van der Waals surface area contributed by atoms with Crippen molar-refractivity contribution < 1.29 is 34.1 Å². The zero-order valence-corrected chi connectivity index (χ0v) is 34.5. The van der Waals surface area contributed by atoms with Gasteiger partial charge in [0.15, 0.2) is 0 Å². The lowest BCUT2D eigenvalue weighted by Gasteiger charge is -2.18. The lowest BCUT2D eigenvalue weighted by Crippen LogP contribution is -2.47. The Morgan fingerprint density at radius 3 is 1.61 bits per heavy atom. The van der Waals surface area contributed by atoms with Gasteiger partial charge in [-0.1, -0.05) is 134 Å². The van der Waals surface area contributed by atoms with Crippen molar-refractivity contribution in [2.45, 2.75) is 212 Å². The van der Waals surface area contributed by atoms with E-state index in [2.05, 4.69) is 60.9 Å². The van der Waals surface area contributed by atoms with Crippen molar-refractivity contribution in [2.24, 2.45) is 0 Å². The Morgan fingerprint density at radius 2 is 1.02 bits per heavy atom. The summed E-state index contributed by atoms with van der Waals surface area (Å²) in [5, 5.41) is 22.5. The van der Waals surface area contributed by atoms with E-state index >= 15 is 0 Å². The van der Waals surface area contributed by atoms with E-state index in [0.717, 1.165) is 89.9 Å². The molecule has 0 saturated heterocycles. The maximum Gasteiger partial charge on any atom is 0.328 e. The zero-order chi connectivity index (χ0) is 39.7. The van der Waals surface area contributed by atoms with Gasteiger partial charge in [-0.3, -0.25) is 14.4 Å². The molecule has 2 unspecified atom stereocenters. The summed E-state index contributed by atoms with van der Waals surface area (Å²) in [4.78, 5) is 47.5. The second-order valence-corrected chi connectivity index (χ2v) is 14.8. The van der Waals surface area contributed by atoms with Crippen molar-refractivity contribution in [3.8, 4) is 0 Å². The summed E-state index contributed by atoms with van der Waals surface area (Å²) in [5.41, 5.74) is 0. The number of rotatable bonds is 39. The highest BCUT2D eigenvalue weighted by atomic mass is 16.5. The number of carbonyl (C=O) groups is 4. The Balaban J connectivity index is 4.35. The van der Waals surface area contributed by atoms with E-state index in [1.807, 2.05) is 0 Å². The summed E-state index contributed by atoms with van der Waals surface area (Å²) >= 11 is 0.